The predicted octanol–water partition coefficient (Wildman–Crippen LogP) is 3.73. The van der Waals surface area contributed by atoms with E-state index in [1.807, 2.05) is 12.4 Å². The molecular formula is C25H38N4O3. The third-order valence-corrected chi connectivity index (χ3v) is 6.86. The molecule has 1 atom stereocenters. The van der Waals surface area contributed by atoms with Gasteiger partial charge in [-0.3, -0.25) is 4.90 Å². The summed E-state index contributed by atoms with van der Waals surface area (Å²) in [7, 11) is 0. The second-order valence-electron chi connectivity index (χ2n) is 9.47. The highest BCUT2D eigenvalue weighted by Crippen LogP contribution is 2.37. The molecule has 0 aromatic carbocycles. The number of aliphatic hydroxyl groups excluding tert-OH is 1. The third kappa shape index (κ3) is 5.94. The van der Waals surface area contributed by atoms with E-state index in [1.165, 1.54) is 18.4 Å². The molecule has 0 amide bonds. The average Bonchev–Trinajstić information content (AvgIpc) is 2.80. The van der Waals surface area contributed by atoms with Gasteiger partial charge in [0.05, 0.1) is 30.2 Å². The van der Waals surface area contributed by atoms with E-state index in [2.05, 4.69) is 23.7 Å². The van der Waals surface area contributed by atoms with Crippen LogP contribution in [0.3, 0.4) is 0 Å². The lowest BCUT2D eigenvalue weighted by molar-refractivity contribution is 0.0321. The summed E-state index contributed by atoms with van der Waals surface area (Å²) in [5.41, 5.74) is 2.16. The molecule has 3 heterocycles. The molecule has 7 nitrogen and oxygen atoms in total. The normalized spacial score (nSPS) is 23.3. The Bertz CT molecular complexity index is 864. The molecule has 0 radical (unpaired) electrons. The van der Waals surface area contributed by atoms with Gasteiger partial charge in [-0.25, -0.2) is 15.0 Å². The summed E-state index contributed by atoms with van der Waals surface area (Å²) in [6, 6.07) is 0. The maximum Gasteiger partial charge on any atom is 0.224 e. The lowest BCUT2D eigenvalue weighted by Crippen LogP contribution is -2.38. The fourth-order valence-electron chi connectivity index (χ4n) is 4.96. The molecule has 0 bridgehead atoms. The van der Waals surface area contributed by atoms with E-state index in [9.17, 15) is 5.11 Å². The molecule has 1 unspecified atom stereocenters. The minimum atomic E-state index is -0.173. The molecule has 32 heavy (non-hydrogen) atoms. The highest BCUT2D eigenvalue weighted by molar-refractivity contribution is 5.85. The number of ether oxygens (including phenoxy) is 2. The SMILES string of the molecule is CCCC(C)Cc1ncc2c(OCCN3CCOCC3)ncc(C3CCC(O)CC3)c2n1. The van der Waals surface area contributed by atoms with Crippen LogP contribution in [-0.4, -0.2) is 70.5 Å². The molecule has 2 aliphatic rings. The van der Waals surface area contributed by atoms with Gasteiger partial charge in [-0.1, -0.05) is 26.7 Å². The van der Waals surface area contributed by atoms with Crippen LogP contribution in [0.4, 0.5) is 0 Å². The zero-order valence-electron chi connectivity index (χ0n) is 19.6. The fraction of sp³-hybridized carbons (Fsp3) is 0.720. The molecule has 176 valence electrons. The van der Waals surface area contributed by atoms with E-state index in [1.54, 1.807) is 0 Å². The zero-order chi connectivity index (χ0) is 22.3. The third-order valence-electron chi connectivity index (χ3n) is 6.86. The number of hydrogen-bond donors (Lipinski definition) is 1. The highest BCUT2D eigenvalue weighted by Gasteiger charge is 2.25. The minimum absolute atomic E-state index is 0.173. The molecule has 2 aromatic heterocycles. The molecule has 1 aliphatic heterocycles. The lowest BCUT2D eigenvalue weighted by Gasteiger charge is -2.27. The first-order valence-corrected chi connectivity index (χ1v) is 12.4. The van der Waals surface area contributed by atoms with Gasteiger partial charge in [0.15, 0.2) is 0 Å². The molecule has 0 spiro atoms. The van der Waals surface area contributed by atoms with Crippen molar-refractivity contribution in [2.75, 3.05) is 39.5 Å². The largest absolute Gasteiger partial charge is 0.476 e. The van der Waals surface area contributed by atoms with Crippen LogP contribution in [0.15, 0.2) is 12.4 Å². The number of rotatable bonds is 9. The first kappa shape index (κ1) is 23.3. The second kappa shape index (κ2) is 11.3. The van der Waals surface area contributed by atoms with Crippen LogP contribution >= 0.6 is 0 Å². The van der Waals surface area contributed by atoms with E-state index in [4.69, 9.17) is 19.4 Å². The number of morpholine rings is 1. The van der Waals surface area contributed by atoms with Crippen molar-refractivity contribution >= 4 is 10.9 Å². The molecule has 1 aliphatic carbocycles. The Morgan fingerprint density at radius 1 is 1.16 bits per heavy atom. The van der Waals surface area contributed by atoms with Gasteiger partial charge in [0.25, 0.3) is 0 Å². The van der Waals surface area contributed by atoms with Gasteiger partial charge in [-0.05, 0) is 37.5 Å². The van der Waals surface area contributed by atoms with Crippen molar-refractivity contribution in [3.05, 3.63) is 23.8 Å². The van der Waals surface area contributed by atoms with Crippen molar-refractivity contribution in [3.63, 3.8) is 0 Å². The minimum Gasteiger partial charge on any atom is -0.476 e. The van der Waals surface area contributed by atoms with Crippen LogP contribution in [-0.2, 0) is 11.2 Å². The number of nitrogens with zero attached hydrogens (tertiary/aromatic N) is 4. The number of pyridine rings is 1. The van der Waals surface area contributed by atoms with E-state index < -0.39 is 0 Å². The highest BCUT2D eigenvalue weighted by atomic mass is 16.5. The van der Waals surface area contributed by atoms with E-state index >= 15 is 0 Å². The second-order valence-corrected chi connectivity index (χ2v) is 9.47. The van der Waals surface area contributed by atoms with Crippen molar-refractivity contribution in [2.45, 2.75) is 70.8 Å². The van der Waals surface area contributed by atoms with E-state index in [-0.39, 0.29) is 6.10 Å². The van der Waals surface area contributed by atoms with Crippen LogP contribution < -0.4 is 4.74 Å². The van der Waals surface area contributed by atoms with Gasteiger partial charge in [0.1, 0.15) is 12.4 Å². The molecule has 2 aromatic rings. The number of aliphatic hydroxyl groups is 1. The van der Waals surface area contributed by atoms with Gasteiger partial charge < -0.3 is 14.6 Å². The maximum absolute atomic E-state index is 9.96. The smallest absolute Gasteiger partial charge is 0.224 e. The van der Waals surface area contributed by atoms with Gasteiger partial charge in [-0.15, -0.1) is 0 Å². The van der Waals surface area contributed by atoms with Crippen LogP contribution in [0.25, 0.3) is 10.9 Å². The summed E-state index contributed by atoms with van der Waals surface area (Å²) >= 11 is 0. The number of aromatic nitrogens is 3. The van der Waals surface area contributed by atoms with Crippen molar-refractivity contribution in [2.24, 2.45) is 5.92 Å². The topological polar surface area (TPSA) is 80.6 Å². The summed E-state index contributed by atoms with van der Waals surface area (Å²) in [5, 5.41) is 10.9. The van der Waals surface area contributed by atoms with Gasteiger partial charge >= 0.3 is 0 Å². The van der Waals surface area contributed by atoms with Gasteiger partial charge in [-0.2, -0.15) is 0 Å². The molecule has 4 rings (SSSR count). The van der Waals surface area contributed by atoms with Crippen LogP contribution in [0.1, 0.15) is 69.7 Å². The van der Waals surface area contributed by atoms with Crippen molar-refractivity contribution in [3.8, 4) is 5.88 Å². The Morgan fingerprint density at radius 2 is 1.94 bits per heavy atom. The molecule has 7 heteroatoms. The van der Waals surface area contributed by atoms with Crippen molar-refractivity contribution in [1.82, 2.24) is 19.9 Å². The summed E-state index contributed by atoms with van der Waals surface area (Å²) in [4.78, 5) is 16.8. The Balaban J connectivity index is 1.56. The fourth-order valence-corrected chi connectivity index (χ4v) is 4.96. The monoisotopic (exact) mass is 442 g/mol. The van der Waals surface area contributed by atoms with Gasteiger partial charge in [0, 0.05) is 44.0 Å². The molecule has 1 saturated heterocycles. The summed E-state index contributed by atoms with van der Waals surface area (Å²) in [6.07, 6.45) is 10.6. The van der Waals surface area contributed by atoms with E-state index in [0.29, 0.717) is 24.3 Å². The Labute approximate surface area is 191 Å². The maximum atomic E-state index is 9.96. The predicted molar refractivity (Wildman–Crippen MR) is 125 cm³/mol. The average molecular weight is 443 g/mol. The van der Waals surface area contributed by atoms with Crippen LogP contribution in [0.2, 0.25) is 0 Å². The van der Waals surface area contributed by atoms with Crippen LogP contribution in [0, 0.1) is 5.92 Å². The molecular weight excluding hydrogens is 404 g/mol. The van der Waals surface area contributed by atoms with Gasteiger partial charge in [0.2, 0.25) is 5.88 Å². The number of hydrogen-bond acceptors (Lipinski definition) is 7. The molecule has 1 N–H and O–H groups in total. The van der Waals surface area contributed by atoms with Crippen molar-refractivity contribution in [1.29, 1.82) is 0 Å². The lowest BCUT2D eigenvalue weighted by atomic mass is 9.82. The Kier molecular flexibility index (Phi) is 8.27. The van der Waals surface area contributed by atoms with Crippen molar-refractivity contribution < 1.29 is 14.6 Å². The quantitative estimate of drug-likeness (QED) is 0.634. The standard InChI is InChI=1S/C25H38N4O3/c1-3-4-18(2)15-23-26-17-22-24(28-23)21(19-5-7-20(30)8-6-19)16-27-25(22)32-14-11-29-9-12-31-13-10-29/h16-20,30H,3-15H2,1-2H3. The Morgan fingerprint density at radius 3 is 2.69 bits per heavy atom. The van der Waals surface area contributed by atoms with Crippen LogP contribution in [0.5, 0.6) is 5.88 Å². The summed E-state index contributed by atoms with van der Waals surface area (Å²) in [5.74, 6) is 2.48. The van der Waals surface area contributed by atoms with E-state index in [0.717, 1.165) is 81.7 Å². The Hall–Kier alpha value is -1.83. The zero-order valence-corrected chi connectivity index (χ0v) is 19.6. The summed E-state index contributed by atoms with van der Waals surface area (Å²) < 4.78 is 11.6. The molecule has 1 saturated carbocycles. The molecule has 2 fully saturated rings. The first-order chi connectivity index (χ1) is 15.6. The number of fused-ring (bicyclic) bond motifs is 1. The first-order valence-electron chi connectivity index (χ1n) is 12.4. The summed E-state index contributed by atoms with van der Waals surface area (Å²) in [6.45, 7) is 9.43.